The molecule has 2 aliphatic rings. The molecule has 1 saturated heterocycles. The first-order chi connectivity index (χ1) is 8.58. The summed E-state index contributed by atoms with van der Waals surface area (Å²) in [7, 11) is 0. The van der Waals surface area contributed by atoms with Crippen molar-refractivity contribution in [2.45, 2.75) is 65.0 Å². The molecule has 0 aromatic heterocycles. The van der Waals surface area contributed by atoms with Gasteiger partial charge in [-0.2, -0.15) is 0 Å². The van der Waals surface area contributed by atoms with Gasteiger partial charge in [-0.1, -0.05) is 26.7 Å². The zero-order valence-electron chi connectivity index (χ0n) is 12.1. The Balaban J connectivity index is 1.79. The third kappa shape index (κ3) is 3.25. The third-order valence-electron chi connectivity index (χ3n) is 5.10. The molecule has 2 rings (SSSR count). The van der Waals surface area contributed by atoms with Crippen LogP contribution in [0.4, 0.5) is 0 Å². The predicted molar refractivity (Wildman–Crippen MR) is 74.4 cm³/mol. The fourth-order valence-corrected chi connectivity index (χ4v) is 3.48. The monoisotopic (exact) mass is 252 g/mol. The number of hydrogen-bond donors (Lipinski definition) is 1. The fourth-order valence-electron chi connectivity index (χ4n) is 3.48. The fraction of sp³-hybridized carbons (Fsp3) is 0.933. The molecular formula is C15H28N2O. The highest BCUT2D eigenvalue weighted by Crippen LogP contribution is 2.30. The molecule has 1 aliphatic carbocycles. The number of piperidine rings is 1. The number of rotatable bonds is 2. The van der Waals surface area contributed by atoms with Gasteiger partial charge >= 0.3 is 0 Å². The molecule has 18 heavy (non-hydrogen) atoms. The normalized spacial score (nSPS) is 34.6. The van der Waals surface area contributed by atoms with E-state index in [1.807, 2.05) is 4.90 Å². The van der Waals surface area contributed by atoms with E-state index >= 15 is 0 Å². The number of likely N-dealkylation sites (tertiary alicyclic amines) is 1. The summed E-state index contributed by atoms with van der Waals surface area (Å²) in [5.74, 6) is 1.88. The molecule has 2 fully saturated rings. The first kappa shape index (κ1) is 13.9. The molecule has 0 aromatic rings. The maximum Gasteiger partial charge on any atom is 0.219 e. The molecule has 104 valence electrons. The summed E-state index contributed by atoms with van der Waals surface area (Å²) >= 11 is 0. The average Bonchev–Trinajstić information content (AvgIpc) is 2.36. The molecular weight excluding hydrogens is 224 g/mol. The second-order valence-corrected chi connectivity index (χ2v) is 6.32. The molecule has 1 saturated carbocycles. The van der Waals surface area contributed by atoms with Crippen LogP contribution in [0.25, 0.3) is 0 Å². The first-order valence-electron chi connectivity index (χ1n) is 7.59. The first-order valence-corrected chi connectivity index (χ1v) is 7.59. The van der Waals surface area contributed by atoms with Crippen LogP contribution in [0.1, 0.15) is 52.9 Å². The van der Waals surface area contributed by atoms with Gasteiger partial charge in [0.2, 0.25) is 5.91 Å². The average molecular weight is 252 g/mol. The lowest BCUT2D eigenvalue weighted by molar-refractivity contribution is -0.129. The van der Waals surface area contributed by atoms with Gasteiger partial charge in [-0.25, -0.2) is 0 Å². The Morgan fingerprint density at radius 3 is 2.39 bits per heavy atom. The molecule has 3 atom stereocenters. The smallest absolute Gasteiger partial charge is 0.219 e. The Bertz CT molecular complexity index is 284. The molecule has 1 amide bonds. The lowest BCUT2D eigenvalue weighted by Gasteiger charge is -2.39. The molecule has 0 unspecified atom stereocenters. The van der Waals surface area contributed by atoms with Crippen molar-refractivity contribution in [3.05, 3.63) is 0 Å². The van der Waals surface area contributed by atoms with Crippen LogP contribution in [0.3, 0.4) is 0 Å². The van der Waals surface area contributed by atoms with Crippen molar-refractivity contribution in [3.8, 4) is 0 Å². The number of nitrogens with one attached hydrogen (secondary N) is 1. The molecule has 0 aromatic carbocycles. The Morgan fingerprint density at radius 2 is 1.78 bits per heavy atom. The van der Waals surface area contributed by atoms with Crippen molar-refractivity contribution >= 4 is 5.91 Å². The highest BCUT2D eigenvalue weighted by molar-refractivity contribution is 5.73. The number of nitrogens with zero attached hydrogens (tertiary/aromatic N) is 1. The maximum absolute atomic E-state index is 11.3. The molecule has 0 radical (unpaired) electrons. The highest BCUT2D eigenvalue weighted by atomic mass is 16.2. The van der Waals surface area contributed by atoms with E-state index in [0.29, 0.717) is 12.1 Å². The van der Waals surface area contributed by atoms with E-state index in [1.165, 1.54) is 19.3 Å². The summed E-state index contributed by atoms with van der Waals surface area (Å²) in [6.07, 6.45) is 6.34. The van der Waals surface area contributed by atoms with Crippen molar-refractivity contribution < 1.29 is 4.79 Å². The number of amides is 1. The molecule has 1 heterocycles. The zero-order valence-corrected chi connectivity index (χ0v) is 12.1. The van der Waals surface area contributed by atoms with Crippen LogP contribution in [0.2, 0.25) is 0 Å². The van der Waals surface area contributed by atoms with Crippen LogP contribution in [0.15, 0.2) is 0 Å². The molecule has 1 N–H and O–H groups in total. The van der Waals surface area contributed by atoms with Gasteiger partial charge in [0.15, 0.2) is 0 Å². The van der Waals surface area contributed by atoms with Crippen molar-refractivity contribution in [1.82, 2.24) is 10.2 Å². The van der Waals surface area contributed by atoms with Gasteiger partial charge in [0, 0.05) is 32.1 Å². The Labute approximate surface area is 111 Å². The van der Waals surface area contributed by atoms with E-state index in [4.69, 9.17) is 0 Å². The van der Waals surface area contributed by atoms with E-state index in [0.717, 1.165) is 37.8 Å². The lowest BCUT2D eigenvalue weighted by Crippen LogP contribution is -2.50. The van der Waals surface area contributed by atoms with Gasteiger partial charge in [0.05, 0.1) is 0 Å². The number of carbonyl (C=O) groups is 1. The summed E-state index contributed by atoms with van der Waals surface area (Å²) in [6, 6.07) is 1.32. The second kappa shape index (κ2) is 6.05. The summed E-state index contributed by atoms with van der Waals surface area (Å²) in [5.41, 5.74) is 0. The molecule has 0 bridgehead atoms. The SMILES string of the molecule is CC(=O)N1CCC(N[C@@H]2CCC[C@@H](C)[C@@H]2C)CC1. The van der Waals surface area contributed by atoms with E-state index in [-0.39, 0.29) is 5.91 Å². The third-order valence-corrected chi connectivity index (χ3v) is 5.10. The predicted octanol–water partition coefficient (Wildman–Crippen LogP) is 2.41. The van der Waals surface area contributed by atoms with Crippen LogP contribution < -0.4 is 5.32 Å². The van der Waals surface area contributed by atoms with E-state index < -0.39 is 0 Å². The van der Waals surface area contributed by atoms with Gasteiger partial charge in [-0.15, -0.1) is 0 Å². The van der Waals surface area contributed by atoms with Gasteiger partial charge in [-0.3, -0.25) is 4.79 Å². The molecule has 0 spiro atoms. The summed E-state index contributed by atoms with van der Waals surface area (Å²) in [5, 5.41) is 3.86. The summed E-state index contributed by atoms with van der Waals surface area (Å²) in [4.78, 5) is 13.3. The molecule has 3 heteroatoms. The topological polar surface area (TPSA) is 32.3 Å². The Hall–Kier alpha value is -0.570. The largest absolute Gasteiger partial charge is 0.343 e. The Kier molecular flexibility index (Phi) is 4.66. The number of carbonyl (C=O) groups excluding carboxylic acids is 1. The highest BCUT2D eigenvalue weighted by Gasteiger charge is 2.30. The molecule has 1 aliphatic heterocycles. The minimum atomic E-state index is 0.230. The summed E-state index contributed by atoms with van der Waals surface area (Å²) < 4.78 is 0. The van der Waals surface area contributed by atoms with E-state index in [2.05, 4.69) is 19.2 Å². The Morgan fingerprint density at radius 1 is 1.11 bits per heavy atom. The van der Waals surface area contributed by atoms with Crippen LogP contribution in [-0.4, -0.2) is 36.0 Å². The summed E-state index contributed by atoms with van der Waals surface area (Å²) in [6.45, 7) is 8.33. The maximum atomic E-state index is 11.3. The van der Waals surface area contributed by atoms with Gasteiger partial charge in [0.1, 0.15) is 0 Å². The van der Waals surface area contributed by atoms with E-state index in [1.54, 1.807) is 6.92 Å². The lowest BCUT2D eigenvalue weighted by atomic mass is 9.77. The van der Waals surface area contributed by atoms with Crippen molar-refractivity contribution in [3.63, 3.8) is 0 Å². The van der Waals surface area contributed by atoms with Crippen LogP contribution in [0, 0.1) is 11.8 Å². The zero-order chi connectivity index (χ0) is 13.1. The molecule has 3 nitrogen and oxygen atoms in total. The van der Waals surface area contributed by atoms with Crippen molar-refractivity contribution in [2.24, 2.45) is 11.8 Å². The number of hydrogen-bond acceptors (Lipinski definition) is 2. The standard InChI is InChI=1S/C15H28N2O/c1-11-5-4-6-15(12(11)2)16-14-7-9-17(10-8-14)13(3)18/h11-12,14-16H,4-10H2,1-3H3/t11-,12+,15-/m1/s1. The minimum Gasteiger partial charge on any atom is -0.343 e. The minimum absolute atomic E-state index is 0.230. The van der Waals surface area contributed by atoms with Crippen molar-refractivity contribution in [1.29, 1.82) is 0 Å². The van der Waals surface area contributed by atoms with Crippen LogP contribution in [0.5, 0.6) is 0 Å². The van der Waals surface area contributed by atoms with Crippen LogP contribution >= 0.6 is 0 Å². The van der Waals surface area contributed by atoms with Crippen LogP contribution in [-0.2, 0) is 4.79 Å². The quantitative estimate of drug-likeness (QED) is 0.818. The second-order valence-electron chi connectivity index (χ2n) is 6.32. The van der Waals surface area contributed by atoms with Gasteiger partial charge in [-0.05, 0) is 31.1 Å². The van der Waals surface area contributed by atoms with Crippen molar-refractivity contribution in [2.75, 3.05) is 13.1 Å². The van der Waals surface area contributed by atoms with Gasteiger partial charge in [0.25, 0.3) is 0 Å². The van der Waals surface area contributed by atoms with Gasteiger partial charge < -0.3 is 10.2 Å². The van der Waals surface area contributed by atoms with E-state index in [9.17, 15) is 4.79 Å².